The molecule has 7 heteroatoms. The zero-order chi connectivity index (χ0) is 22.9. The van der Waals surface area contributed by atoms with E-state index in [1.54, 1.807) is 24.3 Å². The average molecular weight is 443 g/mol. The van der Waals surface area contributed by atoms with Crippen molar-refractivity contribution in [1.82, 2.24) is 4.98 Å². The summed E-state index contributed by atoms with van der Waals surface area (Å²) in [5.74, 6) is 0.532. The van der Waals surface area contributed by atoms with Crippen molar-refractivity contribution in [3.63, 3.8) is 0 Å². The molecule has 1 aromatic heterocycles. The first-order valence-electron chi connectivity index (χ1n) is 9.97. The van der Waals surface area contributed by atoms with Crippen molar-refractivity contribution in [2.24, 2.45) is 5.92 Å². The van der Waals surface area contributed by atoms with Gasteiger partial charge in [0.1, 0.15) is 11.6 Å². The first kappa shape index (κ1) is 22.0. The molecule has 0 bridgehead atoms. The molecule has 32 heavy (non-hydrogen) atoms. The van der Waals surface area contributed by atoms with Gasteiger partial charge in [-0.15, -0.1) is 6.58 Å². The van der Waals surface area contributed by atoms with E-state index in [0.717, 1.165) is 30.4 Å². The second-order valence-electron chi connectivity index (χ2n) is 7.60. The van der Waals surface area contributed by atoms with E-state index >= 15 is 0 Å². The summed E-state index contributed by atoms with van der Waals surface area (Å²) in [6.07, 6.45) is 0.595. The molecule has 1 aliphatic rings. The van der Waals surface area contributed by atoms with Gasteiger partial charge in [0.25, 0.3) is 0 Å². The molecule has 3 aromatic rings. The zero-order valence-electron chi connectivity index (χ0n) is 16.8. The molecule has 1 fully saturated rings. The summed E-state index contributed by atoms with van der Waals surface area (Å²) in [4.78, 5) is 4.45. The number of aromatic nitrogens is 1. The van der Waals surface area contributed by atoms with Crippen LogP contribution in [0.4, 0.5) is 22.0 Å². The van der Waals surface area contributed by atoms with Gasteiger partial charge in [0.05, 0.1) is 24.0 Å². The summed E-state index contributed by atoms with van der Waals surface area (Å²) in [7, 11) is 0. The van der Waals surface area contributed by atoms with Crippen LogP contribution in [0, 0.1) is 29.4 Å². The fraction of sp³-hybridized carbons (Fsp3) is 0.240. The van der Waals surface area contributed by atoms with Gasteiger partial charge in [0, 0.05) is 29.0 Å². The first-order chi connectivity index (χ1) is 15.2. The van der Waals surface area contributed by atoms with Gasteiger partial charge in [-0.3, -0.25) is 4.98 Å². The van der Waals surface area contributed by atoms with E-state index in [2.05, 4.69) is 11.6 Å². The molecule has 2 atom stereocenters. The van der Waals surface area contributed by atoms with Gasteiger partial charge in [-0.1, -0.05) is 30.2 Å². The molecule has 2 nitrogen and oxygen atoms in total. The van der Waals surface area contributed by atoms with Crippen LogP contribution in [0.3, 0.4) is 0 Å². The number of nitrogens with zero attached hydrogens (tertiary/aromatic N) is 1. The lowest BCUT2D eigenvalue weighted by Crippen LogP contribution is -2.19. The number of hydrogen-bond acceptors (Lipinski definition) is 2. The molecular formula is C25H18F5NO. The van der Waals surface area contributed by atoms with Crippen molar-refractivity contribution in [2.75, 3.05) is 6.61 Å². The van der Waals surface area contributed by atoms with Gasteiger partial charge in [-0.25, -0.2) is 8.78 Å². The summed E-state index contributed by atoms with van der Waals surface area (Å²) in [6.45, 7) is 4.41. The van der Waals surface area contributed by atoms with Crippen molar-refractivity contribution >= 4 is 10.8 Å². The number of pyridine rings is 1. The number of halogens is 5. The standard InChI is InChI=1S/C25H18F5NO/c1-2-15-3-8-23(32-14-15)17-5-7-22(31-13-17)16-4-6-19-18(11-16)12-21(26)20(24(19)27)9-10-25(28,29)30/h2,4-7,11-13,15,23H,1,3,8,14H2. The van der Waals surface area contributed by atoms with Gasteiger partial charge < -0.3 is 4.74 Å². The highest BCUT2D eigenvalue weighted by Gasteiger charge is 2.24. The van der Waals surface area contributed by atoms with Gasteiger partial charge in [0.15, 0.2) is 0 Å². The zero-order valence-corrected chi connectivity index (χ0v) is 16.8. The van der Waals surface area contributed by atoms with Gasteiger partial charge in [-0.05, 0) is 42.0 Å². The Morgan fingerprint density at radius 1 is 1.09 bits per heavy atom. The molecular weight excluding hydrogens is 425 g/mol. The quantitative estimate of drug-likeness (QED) is 0.254. The SMILES string of the molecule is C=CC1CCC(c2ccc(-c3ccc4c(F)c(C#CC(F)(F)F)c(F)cc4c3)nc2)OC1. The number of ether oxygens (including phenoxy) is 1. The second kappa shape index (κ2) is 8.71. The van der Waals surface area contributed by atoms with Gasteiger partial charge in [-0.2, -0.15) is 13.2 Å². The van der Waals surface area contributed by atoms with E-state index in [4.69, 9.17) is 4.74 Å². The van der Waals surface area contributed by atoms with Crippen LogP contribution < -0.4 is 0 Å². The van der Waals surface area contributed by atoms with E-state index in [-0.39, 0.29) is 16.9 Å². The number of hydrogen-bond donors (Lipinski definition) is 0. The van der Waals surface area contributed by atoms with Crippen molar-refractivity contribution in [1.29, 1.82) is 0 Å². The third kappa shape index (κ3) is 4.66. The minimum atomic E-state index is -4.84. The Hall–Kier alpha value is -3.24. The molecule has 0 amide bonds. The minimum Gasteiger partial charge on any atom is -0.373 e. The first-order valence-corrected chi connectivity index (χ1v) is 9.97. The van der Waals surface area contributed by atoms with Crippen LogP contribution in [-0.4, -0.2) is 17.8 Å². The Morgan fingerprint density at radius 3 is 2.53 bits per heavy atom. The molecule has 1 saturated heterocycles. The van der Waals surface area contributed by atoms with Crippen LogP contribution in [0.5, 0.6) is 0 Å². The van der Waals surface area contributed by atoms with E-state index in [0.29, 0.717) is 23.8 Å². The van der Waals surface area contributed by atoms with E-state index in [9.17, 15) is 22.0 Å². The third-order valence-corrected chi connectivity index (χ3v) is 5.46. The molecule has 164 valence electrons. The molecule has 0 spiro atoms. The van der Waals surface area contributed by atoms with Crippen LogP contribution in [0.2, 0.25) is 0 Å². The number of rotatable bonds is 3. The Morgan fingerprint density at radius 2 is 1.91 bits per heavy atom. The lowest BCUT2D eigenvalue weighted by Gasteiger charge is -2.27. The van der Waals surface area contributed by atoms with E-state index in [1.165, 1.54) is 12.1 Å². The molecule has 2 aromatic carbocycles. The maximum Gasteiger partial charge on any atom is 0.458 e. The van der Waals surface area contributed by atoms with Crippen LogP contribution in [-0.2, 0) is 4.74 Å². The van der Waals surface area contributed by atoms with Gasteiger partial charge in [0.2, 0.25) is 0 Å². The maximum absolute atomic E-state index is 14.6. The normalized spacial score (nSPS) is 18.8. The lowest BCUT2D eigenvalue weighted by molar-refractivity contribution is -0.0696. The number of alkyl halides is 3. The minimum absolute atomic E-state index is 0.0226. The van der Waals surface area contributed by atoms with Crippen molar-refractivity contribution < 1.29 is 26.7 Å². The monoisotopic (exact) mass is 443 g/mol. The molecule has 0 saturated carbocycles. The summed E-state index contributed by atoms with van der Waals surface area (Å²) in [5, 5.41) is 0.178. The molecule has 2 unspecified atom stereocenters. The topological polar surface area (TPSA) is 22.1 Å². The maximum atomic E-state index is 14.6. The largest absolute Gasteiger partial charge is 0.458 e. The highest BCUT2D eigenvalue weighted by atomic mass is 19.4. The fourth-order valence-corrected chi connectivity index (χ4v) is 3.72. The average Bonchev–Trinajstić information content (AvgIpc) is 2.78. The van der Waals surface area contributed by atoms with Crippen molar-refractivity contribution in [2.45, 2.75) is 25.1 Å². The Bertz CT molecular complexity index is 1210. The van der Waals surface area contributed by atoms with Crippen LogP contribution >= 0.6 is 0 Å². The molecule has 0 aliphatic carbocycles. The molecule has 0 radical (unpaired) electrons. The van der Waals surface area contributed by atoms with E-state index < -0.39 is 23.4 Å². The number of fused-ring (bicyclic) bond motifs is 1. The predicted molar refractivity (Wildman–Crippen MR) is 112 cm³/mol. The molecule has 1 aliphatic heterocycles. The van der Waals surface area contributed by atoms with Crippen LogP contribution in [0.25, 0.3) is 22.0 Å². The number of benzene rings is 2. The van der Waals surface area contributed by atoms with E-state index in [1.807, 2.05) is 12.1 Å². The van der Waals surface area contributed by atoms with Crippen LogP contribution in [0.15, 0.2) is 55.3 Å². The Balaban J connectivity index is 1.61. The fourth-order valence-electron chi connectivity index (χ4n) is 3.72. The van der Waals surface area contributed by atoms with Gasteiger partial charge >= 0.3 is 6.18 Å². The lowest BCUT2D eigenvalue weighted by atomic mass is 9.95. The Labute approximate surface area is 181 Å². The predicted octanol–water partition coefficient (Wildman–Crippen LogP) is 6.75. The summed E-state index contributed by atoms with van der Waals surface area (Å²) in [5.41, 5.74) is 1.25. The van der Waals surface area contributed by atoms with Crippen LogP contribution in [0.1, 0.15) is 30.1 Å². The molecule has 4 rings (SSSR count). The highest BCUT2D eigenvalue weighted by molar-refractivity contribution is 5.88. The summed E-state index contributed by atoms with van der Waals surface area (Å²) < 4.78 is 71.6. The molecule has 2 heterocycles. The summed E-state index contributed by atoms with van der Waals surface area (Å²) >= 11 is 0. The Kier molecular flexibility index (Phi) is 5.98. The van der Waals surface area contributed by atoms with Crippen molar-refractivity contribution in [3.8, 4) is 23.1 Å². The smallest absolute Gasteiger partial charge is 0.373 e. The second-order valence-corrected chi connectivity index (χ2v) is 7.60. The van der Waals surface area contributed by atoms with Crippen molar-refractivity contribution in [3.05, 3.63) is 78.0 Å². The molecule has 0 N–H and O–H groups in total. The highest BCUT2D eigenvalue weighted by Crippen LogP contribution is 2.32. The summed E-state index contributed by atoms with van der Waals surface area (Å²) in [6, 6.07) is 9.18. The third-order valence-electron chi connectivity index (χ3n) is 5.46.